The Morgan fingerprint density at radius 2 is 1.79 bits per heavy atom. The van der Waals surface area contributed by atoms with Crippen LogP contribution in [0.2, 0.25) is 0 Å². The van der Waals surface area contributed by atoms with Crippen LogP contribution in [-0.4, -0.2) is 0 Å². The van der Waals surface area contributed by atoms with Gasteiger partial charge in [0.15, 0.2) is 0 Å². The van der Waals surface area contributed by atoms with Crippen LogP contribution in [0.25, 0.3) is 0 Å². The molecule has 0 unspecified atom stereocenters. The second kappa shape index (κ2) is 5.00. The predicted octanol–water partition coefficient (Wildman–Crippen LogP) is 4.95. The Balaban J connectivity index is 2.51. The number of rotatable bonds is 2. The lowest BCUT2D eigenvalue weighted by Gasteiger charge is -2.34. The molecule has 0 amide bonds. The molecule has 0 radical (unpaired) electrons. The van der Waals surface area contributed by atoms with Crippen molar-refractivity contribution in [2.75, 3.05) is 0 Å². The molecule has 1 aliphatic rings. The first-order valence-corrected chi connectivity index (χ1v) is 6.24. The summed E-state index contributed by atoms with van der Waals surface area (Å²) in [6, 6.07) is 0. The molecule has 0 aromatic rings. The molecule has 0 spiro atoms. The highest BCUT2D eigenvalue weighted by Crippen LogP contribution is 2.40. The van der Waals surface area contributed by atoms with Crippen LogP contribution in [0.1, 0.15) is 65.7 Å². The lowest BCUT2D eigenvalue weighted by molar-refractivity contribution is 0.252. The van der Waals surface area contributed by atoms with Crippen molar-refractivity contribution in [1.29, 1.82) is 0 Å². The van der Waals surface area contributed by atoms with Crippen LogP contribution < -0.4 is 0 Å². The fraction of sp³-hybridized carbons (Fsp3) is 0.857. The average molecular weight is 194 g/mol. The molecule has 0 aliphatic heterocycles. The maximum absolute atomic E-state index is 4.16. The standard InChI is InChI=1S/C14H26/c1-5-13-8-6-10-14(4,12(2)3)11-7-9-13/h13H,2,5-11H2,1,3-4H3. The molecule has 0 aromatic heterocycles. The first kappa shape index (κ1) is 11.8. The zero-order valence-corrected chi connectivity index (χ0v) is 10.2. The van der Waals surface area contributed by atoms with Crippen LogP contribution in [0.4, 0.5) is 0 Å². The summed E-state index contributed by atoms with van der Waals surface area (Å²) in [6.45, 7) is 11.1. The van der Waals surface area contributed by atoms with E-state index in [-0.39, 0.29) is 0 Å². The molecule has 0 heterocycles. The van der Waals surface area contributed by atoms with Crippen molar-refractivity contribution in [2.45, 2.75) is 65.7 Å². The molecule has 1 fully saturated rings. The van der Waals surface area contributed by atoms with Crippen LogP contribution >= 0.6 is 0 Å². The molecule has 0 aromatic carbocycles. The van der Waals surface area contributed by atoms with Crippen molar-refractivity contribution in [3.05, 3.63) is 12.2 Å². The highest BCUT2D eigenvalue weighted by Gasteiger charge is 2.26. The largest absolute Gasteiger partial charge is 0.0996 e. The minimum absolute atomic E-state index is 0.443. The lowest BCUT2D eigenvalue weighted by Crippen LogP contribution is -2.20. The SMILES string of the molecule is C=C(C)C1(C)CCCC(CC)CCC1. The Kier molecular flexibility index (Phi) is 4.22. The van der Waals surface area contributed by atoms with E-state index in [9.17, 15) is 0 Å². The van der Waals surface area contributed by atoms with E-state index in [1.165, 1.54) is 50.5 Å². The van der Waals surface area contributed by atoms with Gasteiger partial charge >= 0.3 is 0 Å². The van der Waals surface area contributed by atoms with E-state index in [0.717, 1.165) is 5.92 Å². The molecule has 1 saturated carbocycles. The zero-order valence-electron chi connectivity index (χ0n) is 10.2. The third-order valence-corrected chi connectivity index (χ3v) is 4.29. The van der Waals surface area contributed by atoms with Gasteiger partial charge in [-0.15, -0.1) is 0 Å². The topological polar surface area (TPSA) is 0 Å². The first-order chi connectivity index (χ1) is 6.58. The van der Waals surface area contributed by atoms with E-state index in [0.29, 0.717) is 5.41 Å². The summed E-state index contributed by atoms with van der Waals surface area (Å²) in [5, 5.41) is 0. The molecule has 1 rings (SSSR count). The summed E-state index contributed by atoms with van der Waals surface area (Å²) in [5.41, 5.74) is 1.84. The Labute approximate surface area is 89.8 Å². The molecule has 0 heteroatoms. The van der Waals surface area contributed by atoms with E-state index >= 15 is 0 Å². The highest BCUT2D eigenvalue weighted by atomic mass is 14.3. The van der Waals surface area contributed by atoms with Crippen molar-refractivity contribution in [1.82, 2.24) is 0 Å². The van der Waals surface area contributed by atoms with E-state index < -0.39 is 0 Å². The second-order valence-electron chi connectivity index (χ2n) is 5.40. The van der Waals surface area contributed by atoms with E-state index in [4.69, 9.17) is 0 Å². The summed E-state index contributed by atoms with van der Waals surface area (Å²) in [6.07, 6.45) is 9.80. The van der Waals surface area contributed by atoms with Gasteiger partial charge in [0, 0.05) is 0 Å². The quantitative estimate of drug-likeness (QED) is 0.546. The summed E-state index contributed by atoms with van der Waals surface area (Å²) in [7, 11) is 0. The molecule has 14 heavy (non-hydrogen) atoms. The molecule has 0 nitrogen and oxygen atoms in total. The maximum atomic E-state index is 4.16. The van der Waals surface area contributed by atoms with Crippen LogP contribution in [-0.2, 0) is 0 Å². The van der Waals surface area contributed by atoms with Gasteiger partial charge in [0.25, 0.3) is 0 Å². The maximum Gasteiger partial charge on any atom is -0.0122 e. The molecule has 0 bridgehead atoms. The van der Waals surface area contributed by atoms with Gasteiger partial charge in [0.1, 0.15) is 0 Å². The average Bonchev–Trinajstić information content (AvgIpc) is 2.11. The van der Waals surface area contributed by atoms with Crippen molar-refractivity contribution < 1.29 is 0 Å². The Hall–Kier alpha value is -0.260. The van der Waals surface area contributed by atoms with Crippen LogP contribution in [0, 0.1) is 11.3 Å². The summed E-state index contributed by atoms with van der Waals surface area (Å²) >= 11 is 0. The summed E-state index contributed by atoms with van der Waals surface area (Å²) in [4.78, 5) is 0. The molecule has 0 N–H and O–H groups in total. The van der Waals surface area contributed by atoms with Gasteiger partial charge < -0.3 is 0 Å². The van der Waals surface area contributed by atoms with Crippen molar-refractivity contribution >= 4 is 0 Å². The molecule has 1 aliphatic carbocycles. The third kappa shape index (κ3) is 2.87. The molecule has 0 atom stereocenters. The molecule has 82 valence electrons. The zero-order chi connectivity index (χ0) is 10.6. The van der Waals surface area contributed by atoms with Gasteiger partial charge in [0.2, 0.25) is 0 Å². The number of hydrogen-bond donors (Lipinski definition) is 0. The Morgan fingerprint density at radius 3 is 2.14 bits per heavy atom. The number of allylic oxidation sites excluding steroid dienone is 1. The molecular formula is C14H26. The predicted molar refractivity (Wildman–Crippen MR) is 64.4 cm³/mol. The van der Waals surface area contributed by atoms with E-state index in [2.05, 4.69) is 27.4 Å². The fourth-order valence-corrected chi connectivity index (χ4v) is 2.67. The van der Waals surface area contributed by atoms with Crippen molar-refractivity contribution in [3.8, 4) is 0 Å². The van der Waals surface area contributed by atoms with Crippen LogP contribution in [0.5, 0.6) is 0 Å². The fourth-order valence-electron chi connectivity index (χ4n) is 2.67. The van der Waals surface area contributed by atoms with Gasteiger partial charge in [0.05, 0.1) is 0 Å². The smallest absolute Gasteiger partial charge is 0.0122 e. The summed E-state index contributed by atoms with van der Waals surface area (Å²) < 4.78 is 0. The van der Waals surface area contributed by atoms with Gasteiger partial charge in [-0.05, 0) is 31.1 Å². The van der Waals surface area contributed by atoms with Crippen molar-refractivity contribution in [3.63, 3.8) is 0 Å². The molecule has 0 saturated heterocycles. The van der Waals surface area contributed by atoms with Gasteiger partial charge in [-0.2, -0.15) is 0 Å². The lowest BCUT2D eigenvalue weighted by atomic mass is 9.72. The van der Waals surface area contributed by atoms with E-state index in [1.807, 2.05) is 0 Å². The van der Waals surface area contributed by atoms with Crippen LogP contribution in [0.15, 0.2) is 12.2 Å². The number of hydrogen-bond acceptors (Lipinski definition) is 0. The van der Waals surface area contributed by atoms with E-state index in [1.54, 1.807) is 0 Å². The summed E-state index contributed by atoms with van der Waals surface area (Å²) in [5.74, 6) is 1.00. The monoisotopic (exact) mass is 194 g/mol. The second-order valence-corrected chi connectivity index (χ2v) is 5.40. The minimum Gasteiger partial charge on any atom is -0.0996 e. The molecular weight excluding hydrogens is 168 g/mol. The van der Waals surface area contributed by atoms with Crippen molar-refractivity contribution in [2.24, 2.45) is 11.3 Å². The van der Waals surface area contributed by atoms with Gasteiger partial charge in [-0.25, -0.2) is 0 Å². The highest BCUT2D eigenvalue weighted by molar-refractivity contribution is 5.05. The normalized spacial score (nSPS) is 34.6. The van der Waals surface area contributed by atoms with Gasteiger partial charge in [-0.1, -0.05) is 58.1 Å². The van der Waals surface area contributed by atoms with Gasteiger partial charge in [-0.3, -0.25) is 0 Å². The third-order valence-electron chi connectivity index (χ3n) is 4.29. The van der Waals surface area contributed by atoms with Crippen LogP contribution in [0.3, 0.4) is 0 Å². The first-order valence-electron chi connectivity index (χ1n) is 6.24. The Morgan fingerprint density at radius 1 is 1.29 bits per heavy atom. The minimum atomic E-state index is 0.443. The Bertz CT molecular complexity index is 180.